The number of benzene rings is 2. The van der Waals surface area contributed by atoms with Gasteiger partial charge < -0.3 is 9.30 Å². The molecule has 0 aliphatic heterocycles. The number of hydrogen-bond donors (Lipinski definition) is 0. The van der Waals surface area contributed by atoms with E-state index < -0.39 is 0 Å². The number of hydrogen-bond acceptors (Lipinski definition) is 5. The van der Waals surface area contributed by atoms with Crippen molar-refractivity contribution in [2.75, 3.05) is 5.75 Å². The molecule has 6 heteroatoms. The van der Waals surface area contributed by atoms with Gasteiger partial charge in [0.2, 0.25) is 0 Å². The molecule has 0 atom stereocenters. The van der Waals surface area contributed by atoms with Crippen molar-refractivity contribution in [2.24, 2.45) is 0 Å². The van der Waals surface area contributed by atoms with E-state index in [-0.39, 0.29) is 17.8 Å². The van der Waals surface area contributed by atoms with Gasteiger partial charge >= 0.3 is 5.97 Å². The predicted molar refractivity (Wildman–Crippen MR) is 121 cm³/mol. The molecule has 1 aromatic heterocycles. The van der Waals surface area contributed by atoms with E-state index in [1.807, 2.05) is 13.8 Å². The molecule has 3 aromatic rings. The third-order valence-electron chi connectivity index (χ3n) is 5.59. The Labute approximate surface area is 182 Å². The lowest BCUT2D eigenvalue weighted by Crippen LogP contribution is -2.18. The number of thioether (sulfide) groups is 1. The highest BCUT2D eigenvalue weighted by atomic mass is 32.2. The Morgan fingerprint density at radius 1 is 1.10 bits per heavy atom. The Hall–Kier alpha value is -2.34. The van der Waals surface area contributed by atoms with Crippen LogP contribution in [0.4, 0.5) is 0 Å². The van der Waals surface area contributed by atoms with Gasteiger partial charge in [0.25, 0.3) is 0 Å². The van der Waals surface area contributed by atoms with Crippen LogP contribution in [-0.2, 0) is 16.0 Å². The summed E-state index contributed by atoms with van der Waals surface area (Å²) in [5.41, 5.74) is 1.26. The highest BCUT2D eigenvalue weighted by molar-refractivity contribution is 7.99. The minimum Gasteiger partial charge on any atom is -0.462 e. The maximum absolute atomic E-state index is 12.1. The Morgan fingerprint density at radius 2 is 1.87 bits per heavy atom. The van der Waals surface area contributed by atoms with Crippen molar-refractivity contribution >= 4 is 28.5 Å². The molecule has 0 spiro atoms. The van der Waals surface area contributed by atoms with E-state index in [9.17, 15) is 4.79 Å². The van der Waals surface area contributed by atoms with E-state index >= 15 is 0 Å². The van der Waals surface area contributed by atoms with Crippen molar-refractivity contribution < 1.29 is 9.53 Å². The van der Waals surface area contributed by atoms with Crippen LogP contribution in [0.3, 0.4) is 0 Å². The second-order valence-corrected chi connectivity index (χ2v) is 9.15. The Bertz CT molecular complexity index is 1000. The molecule has 2 aromatic carbocycles. The molecule has 0 amide bonds. The quantitative estimate of drug-likeness (QED) is 0.367. The summed E-state index contributed by atoms with van der Waals surface area (Å²) in [7, 11) is 0. The predicted octanol–water partition coefficient (Wildman–Crippen LogP) is 5.57. The number of aromatic nitrogens is 3. The molecule has 0 N–H and O–H groups in total. The standard InChI is InChI=1S/C24H29N3O2S/c1-17(2)29-23(28)16-30-24-26-25-22(27(24)20-12-4-3-5-13-20)15-19-11-8-10-18-9-6-7-14-21(18)19/h6-11,14,17,20H,3-5,12-13,15-16H2,1-2H3. The van der Waals surface area contributed by atoms with Crippen LogP contribution in [0.2, 0.25) is 0 Å². The van der Waals surface area contributed by atoms with E-state index in [0.717, 1.165) is 30.2 Å². The molecule has 4 rings (SSSR count). The third-order valence-corrected chi connectivity index (χ3v) is 6.51. The van der Waals surface area contributed by atoms with Gasteiger partial charge in [0, 0.05) is 12.5 Å². The molecule has 30 heavy (non-hydrogen) atoms. The number of ether oxygens (including phenoxy) is 1. The van der Waals surface area contributed by atoms with Gasteiger partial charge in [-0.3, -0.25) is 4.79 Å². The number of carbonyl (C=O) groups excluding carboxylic acids is 1. The summed E-state index contributed by atoms with van der Waals surface area (Å²) in [4.78, 5) is 12.1. The zero-order valence-corrected chi connectivity index (χ0v) is 18.5. The third kappa shape index (κ3) is 4.86. The van der Waals surface area contributed by atoms with E-state index in [1.54, 1.807) is 0 Å². The van der Waals surface area contributed by atoms with Crippen LogP contribution in [-0.4, -0.2) is 32.6 Å². The maximum Gasteiger partial charge on any atom is 0.316 e. The first kappa shape index (κ1) is 20.9. The van der Waals surface area contributed by atoms with Crippen LogP contribution in [0.25, 0.3) is 10.8 Å². The van der Waals surface area contributed by atoms with E-state index in [2.05, 4.69) is 57.2 Å². The monoisotopic (exact) mass is 423 g/mol. The van der Waals surface area contributed by atoms with Crippen molar-refractivity contribution in [3.05, 3.63) is 53.9 Å². The summed E-state index contributed by atoms with van der Waals surface area (Å²) in [5.74, 6) is 1.04. The fourth-order valence-corrected chi connectivity index (χ4v) is 5.08. The van der Waals surface area contributed by atoms with Gasteiger partial charge in [-0.25, -0.2) is 0 Å². The lowest BCUT2D eigenvalue weighted by Gasteiger charge is -2.25. The van der Waals surface area contributed by atoms with Gasteiger partial charge in [-0.15, -0.1) is 10.2 Å². The lowest BCUT2D eigenvalue weighted by molar-refractivity contribution is -0.144. The average molecular weight is 424 g/mol. The largest absolute Gasteiger partial charge is 0.462 e. The molecule has 1 aliphatic carbocycles. The smallest absolute Gasteiger partial charge is 0.316 e. The maximum atomic E-state index is 12.1. The van der Waals surface area contributed by atoms with Crippen molar-refractivity contribution in [3.63, 3.8) is 0 Å². The average Bonchev–Trinajstić information content (AvgIpc) is 3.15. The number of carbonyl (C=O) groups is 1. The molecule has 1 saturated carbocycles. The highest BCUT2D eigenvalue weighted by Gasteiger charge is 2.24. The minimum atomic E-state index is -0.205. The summed E-state index contributed by atoms with van der Waals surface area (Å²) < 4.78 is 7.59. The van der Waals surface area contributed by atoms with Crippen LogP contribution >= 0.6 is 11.8 Å². The molecule has 0 bridgehead atoms. The molecule has 0 radical (unpaired) electrons. The Morgan fingerprint density at radius 3 is 2.67 bits per heavy atom. The fraction of sp³-hybridized carbons (Fsp3) is 0.458. The van der Waals surface area contributed by atoms with Crippen molar-refractivity contribution in [3.8, 4) is 0 Å². The zero-order valence-electron chi connectivity index (χ0n) is 17.7. The van der Waals surface area contributed by atoms with Crippen LogP contribution in [0.5, 0.6) is 0 Å². The van der Waals surface area contributed by atoms with E-state index in [1.165, 1.54) is 47.4 Å². The molecule has 1 fully saturated rings. The van der Waals surface area contributed by atoms with Gasteiger partial charge in [0.05, 0.1) is 11.9 Å². The van der Waals surface area contributed by atoms with Crippen LogP contribution < -0.4 is 0 Å². The summed E-state index contributed by atoms with van der Waals surface area (Å²) >= 11 is 1.44. The first-order valence-corrected chi connectivity index (χ1v) is 11.8. The van der Waals surface area contributed by atoms with Crippen LogP contribution in [0, 0.1) is 0 Å². The topological polar surface area (TPSA) is 57.0 Å². The summed E-state index contributed by atoms with van der Waals surface area (Å²) in [6, 6.07) is 15.3. The molecule has 0 saturated heterocycles. The Balaban J connectivity index is 1.62. The second kappa shape index (κ2) is 9.65. The summed E-state index contributed by atoms with van der Waals surface area (Å²) in [5, 5.41) is 12.4. The van der Waals surface area contributed by atoms with Crippen LogP contribution in [0.1, 0.15) is 63.4 Å². The molecule has 0 unspecified atom stereocenters. The summed E-state index contributed by atoms with van der Waals surface area (Å²) in [6.07, 6.45) is 6.68. The fourth-order valence-electron chi connectivity index (χ4n) is 4.27. The van der Waals surface area contributed by atoms with Crippen molar-refractivity contribution in [1.29, 1.82) is 0 Å². The van der Waals surface area contributed by atoms with Gasteiger partial charge in [0.15, 0.2) is 5.16 Å². The van der Waals surface area contributed by atoms with E-state index in [4.69, 9.17) is 4.74 Å². The number of fused-ring (bicyclic) bond motifs is 1. The number of esters is 1. The molecule has 5 nitrogen and oxygen atoms in total. The number of nitrogens with zero attached hydrogens (tertiary/aromatic N) is 3. The van der Waals surface area contributed by atoms with Gasteiger partial charge in [-0.1, -0.05) is 73.5 Å². The molecular weight excluding hydrogens is 394 g/mol. The molecular formula is C24H29N3O2S. The molecule has 1 heterocycles. The lowest BCUT2D eigenvalue weighted by atomic mass is 9.95. The zero-order chi connectivity index (χ0) is 20.9. The van der Waals surface area contributed by atoms with Crippen LogP contribution in [0.15, 0.2) is 47.6 Å². The van der Waals surface area contributed by atoms with E-state index in [0.29, 0.717) is 6.04 Å². The molecule has 158 valence electrons. The SMILES string of the molecule is CC(C)OC(=O)CSc1nnc(Cc2cccc3ccccc23)n1C1CCCCC1. The van der Waals surface area contributed by atoms with Gasteiger partial charge in [-0.05, 0) is 43.0 Å². The normalized spacial score (nSPS) is 15.0. The summed E-state index contributed by atoms with van der Waals surface area (Å²) in [6.45, 7) is 3.74. The van der Waals surface area contributed by atoms with Gasteiger partial charge in [0.1, 0.15) is 5.82 Å². The first-order valence-electron chi connectivity index (χ1n) is 10.8. The minimum absolute atomic E-state index is 0.101. The first-order chi connectivity index (χ1) is 14.6. The number of rotatable bonds is 7. The Kier molecular flexibility index (Phi) is 6.72. The van der Waals surface area contributed by atoms with Crippen molar-refractivity contribution in [2.45, 2.75) is 69.7 Å². The van der Waals surface area contributed by atoms with Crippen molar-refractivity contribution in [1.82, 2.24) is 14.8 Å². The highest BCUT2D eigenvalue weighted by Crippen LogP contribution is 2.33. The van der Waals surface area contributed by atoms with Gasteiger partial charge in [-0.2, -0.15) is 0 Å². The second-order valence-electron chi connectivity index (χ2n) is 8.20. The molecule has 1 aliphatic rings.